The highest BCUT2D eigenvalue weighted by molar-refractivity contribution is 7.89. The summed E-state index contributed by atoms with van der Waals surface area (Å²) in [5.41, 5.74) is 1.38. The van der Waals surface area contributed by atoms with Gasteiger partial charge in [0, 0.05) is 13.1 Å². The van der Waals surface area contributed by atoms with Crippen molar-refractivity contribution in [1.29, 1.82) is 0 Å². The van der Waals surface area contributed by atoms with E-state index < -0.39 is 10.0 Å². The molecular formula is C21H25N3O2S. The summed E-state index contributed by atoms with van der Waals surface area (Å²) in [5, 5.41) is 0. The number of sulfonamides is 1. The molecule has 2 aliphatic rings. The van der Waals surface area contributed by atoms with Gasteiger partial charge in [-0.05, 0) is 42.9 Å². The van der Waals surface area contributed by atoms with Gasteiger partial charge in [0.1, 0.15) is 0 Å². The zero-order valence-electron chi connectivity index (χ0n) is 15.4. The minimum Gasteiger partial charge on any atom is -0.342 e. The fraction of sp³-hybridized carbons (Fsp3) is 0.381. The molecule has 27 heavy (non-hydrogen) atoms. The van der Waals surface area contributed by atoms with Gasteiger partial charge in [-0.1, -0.05) is 48.5 Å². The number of guanidine groups is 1. The van der Waals surface area contributed by atoms with Gasteiger partial charge < -0.3 is 4.90 Å². The van der Waals surface area contributed by atoms with Crippen LogP contribution in [0.4, 0.5) is 0 Å². The molecular weight excluding hydrogens is 358 g/mol. The highest BCUT2D eigenvalue weighted by Gasteiger charge is 2.35. The Morgan fingerprint density at radius 1 is 0.889 bits per heavy atom. The van der Waals surface area contributed by atoms with Crippen molar-refractivity contribution in [2.45, 2.75) is 24.2 Å². The van der Waals surface area contributed by atoms with Crippen LogP contribution in [0, 0.1) is 5.92 Å². The van der Waals surface area contributed by atoms with Crippen LogP contribution >= 0.6 is 0 Å². The lowest BCUT2D eigenvalue weighted by atomic mass is 9.90. The number of likely N-dealkylation sites (tertiary alicyclic amines) is 1. The summed E-state index contributed by atoms with van der Waals surface area (Å²) in [7, 11) is -3.54. The molecule has 2 aromatic carbocycles. The molecule has 2 heterocycles. The Kier molecular flexibility index (Phi) is 5.16. The van der Waals surface area contributed by atoms with E-state index in [0.717, 1.165) is 32.4 Å². The second kappa shape index (κ2) is 7.72. The molecule has 0 unspecified atom stereocenters. The van der Waals surface area contributed by atoms with Crippen LogP contribution < -0.4 is 0 Å². The average molecular weight is 384 g/mol. The highest BCUT2D eigenvalue weighted by atomic mass is 32.2. The maximum absolute atomic E-state index is 13.0. The molecule has 0 spiro atoms. The molecule has 2 aromatic rings. The third-order valence-electron chi connectivity index (χ3n) is 5.38. The molecule has 0 saturated carbocycles. The van der Waals surface area contributed by atoms with E-state index in [4.69, 9.17) is 0 Å². The van der Waals surface area contributed by atoms with E-state index in [1.165, 1.54) is 9.87 Å². The fourth-order valence-electron chi connectivity index (χ4n) is 3.91. The van der Waals surface area contributed by atoms with E-state index in [9.17, 15) is 8.42 Å². The number of hydrogen-bond acceptors (Lipinski definition) is 4. The van der Waals surface area contributed by atoms with E-state index >= 15 is 0 Å². The first-order valence-corrected chi connectivity index (χ1v) is 11.0. The Morgan fingerprint density at radius 2 is 1.52 bits per heavy atom. The van der Waals surface area contributed by atoms with E-state index in [0.29, 0.717) is 29.9 Å². The van der Waals surface area contributed by atoms with E-state index in [-0.39, 0.29) is 0 Å². The molecule has 0 aromatic heterocycles. The standard InChI is InChI=1S/C21H25N3O2S/c25-27(26,20-9-5-2-6-10-20)24-16-13-22-21(24)23-14-11-19(12-15-23)17-18-7-3-1-4-8-18/h1-10,19H,11-17H2. The van der Waals surface area contributed by atoms with Crippen LogP contribution in [-0.4, -0.2) is 49.8 Å². The molecule has 0 aliphatic carbocycles. The second-order valence-electron chi connectivity index (χ2n) is 7.19. The normalized spacial score (nSPS) is 18.6. The minimum atomic E-state index is -3.54. The number of benzene rings is 2. The monoisotopic (exact) mass is 383 g/mol. The van der Waals surface area contributed by atoms with Crippen molar-refractivity contribution in [3.8, 4) is 0 Å². The zero-order chi connectivity index (χ0) is 18.7. The Labute approximate surface area is 161 Å². The predicted octanol–water partition coefficient (Wildman–Crippen LogP) is 3.00. The summed E-state index contributed by atoms with van der Waals surface area (Å²) in [6.07, 6.45) is 3.22. The smallest absolute Gasteiger partial charge is 0.266 e. The van der Waals surface area contributed by atoms with Gasteiger partial charge in [-0.15, -0.1) is 0 Å². The number of piperidine rings is 1. The lowest BCUT2D eigenvalue weighted by Gasteiger charge is -2.36. The quantitative estimate of drug-likeness (QED) is 0.816. The number of hydrogen-bond donors (Lipinski definition) is 0. The Morgan fingerprint density at radius 3 is 2.19 bits per heavy atom. The third kappa shape index (κ3) is 3.86. The topological polar surface area (TPSA) is 53.0 Å². The van der Waals surface area contributed by atoms with Crippen molar-refractivity contribution in [2.24, 2.45) is 10.9 Å². The molecule has 6 heteroatoms. The predicted molar refractivity (Wildman–Crippen MR) is 107 cm³/mol. The highest BCUT2D eigenvalue weighted by Crippen LogP contribution is 2.25. The van der Waals surface area contributed by atoms with Crippen molar-refractivity contribution in [3.05, 3.63) is 66.2 Å². The minimum absolute atomic E-state index is 0.332. The Hall–Kier alpha value is -2.34. The van der Waals surface area contributed by atoms with Gasteiger partial charge in [-0.25, -0.2) is 12.7 Å². The van der Waals surface area contributed by atoms with Gasteiger partial charge in [-0.3, -0.25) is 4.99 Å². The van der Waals surface area contributed by atoms with Gasteiger partial charge in [0.2, 0.25) is 5.96 Å². The molecule has 0 amide bonds. The number of rotatable bonds is 4. The van der Waals surface area contributed by atoms with E-state index in [1.807, 2.05) is 12.1 Å². The second-order valence-corrected chi connectivity index (χ2v) is 9.05. The van der Waals surface area contributed by atoms with E-state index in [2.05, 4.69) is 34.2 Å². The van der Waals surface area contributed by atoms with Gasteiger partial charge >= 0.3 is 0 Å². The molecule has 142 valence electrons. The average Bonchev–Trinajstić information content (AvgIpc) is 3.21. The molecule has 4 rings (SSSR count). The summed E-state index contributed by atoms with van der Waals surface area (Å²) in [6.45, 7) is 2.68. The molecule has 0 radical (unpaired) electrons. The van der Waals surface area contributed by atoms with Crippen molar-refractivity contribution < 1.29 is 8.42 Å². The SMILES string of the molecule is O=S(=O)(c1ccccc1)N1CCN=C1N1CCC(Cc2ccccc2)CC1. The Balaban J connectivity index is 1.42. The molecule has 2 aliphatic heterocycles. The molecule has 0 N–H and O–H groups in total. The van der Waals surface area contributed by atoms with Crippen LogP contribution in [0.2, 0.25) is 0 Å². The lowest BCUT2D eigenvalue weighted by Crippen LogP contribution is -2.48. The third-order valence-corrected chi connectivity index (χ3v) is 7.17. The van der Waals surface area contributed by atoms with Crippen molar-refractivity contribution >= 4 is 16.0 Å². The van der Waals surface area contributed by atoms with E-state index in [1.54, 1.807) is 24.3 Å². The van der Waals surface area contributed by atoms with Crippen LogP contribution in [-0.2, 0) is 16.4 Å². The van der Waals surface area contributed by atoms with Crippen molar-refractivity contribution in [3.63, 3.8) is 0 Å². The van der Waals surface area contributed by atoms with Crippen molar-refractivity contribution in [1.82, 2.24) is 9.21 Å². The van der Waals surface area contributed by atoms with Crippen LogP contribution in [0.25, 0.3) is 0 Å². The molecule has 1 fully saturated rings. The van der Waals surface area contributed by atoms with Crippen LogP contribution in [0.3, 0.4) is 0 Å². The van der Waals surface area contributed by atoms with Crippen LogP contribution in [0.15, 0.2) is 70.6 Å². The van der Waals surface area contributed by atoms with Crippen LogP contribution in [0.1, 0.15) is 18.4 Å². The summed E-state index contributed by atoms with van der Waals surface area (Å²) in [5.74, 6) is 1.27. The van der Waals surface area contributed by atoms with Gasteiger partial charge in [0.05, 0.1) is 18.0 Å². The van der Waals surface area contributed by atoms with Crippen LogP contribution in [0.5, 0.6) is 0 Å². The van der Waals surface area contributed by atoms with Gasteiger partial charge in [-0.2, -0.15) is 0 Å². The first-order valence-electron chi connectivity index (χ1n) is 9.56. The first kappa shape index (κ1) is 18.0. The summed E-state index contributed by atoms with van der Waals surface area (Å²) in [6, 6.07) is 19.2. The first-order chi connectivity index (χ1) is 13.1. The molecule has 0 atom stereocenters. The van der Waals surface area contributed by atoms with Gasteiger partial charge in [0.15, 0.2) is 0 Å². The lowest BCUT2D eigenvalue weighted by molar-refractivity contribution is 0.253. The number of nitrogens with zero attached hydrogens (tertiary/aromatic N) is 3. The molecule has 0 bridgehead atoms. The summed E-state index contributed by atoms with van der Waals surface area (Å²) in [4.78, 5) is 7.01. The Bertz CT molecular complexity index is 890. The maximum atomic E-state index is 13.0. The summed E-state index contributed by atoms with van der Waals surface area (Å²) < 4.78 is 27.5. The molecule has 1 saturated heterocycles. The van der Waals surface area contributed by atoms with Crippen molar-refractivity contribution in [2.75, 3.05) is 26.2 Å². The van der Waals surface area contributed by atoms with Gasteiger partial charge in [0.25, 0.3) is 10.0 Å². The fourth-order valence-corrected chi connectivity index (χ4v) is 5.38. The number of aliphatic imine (C=N–C) groups is 1. The largest absolute Gasteiger partial charge is 0.342 e. The maximum Gasteiger partial charge on any atom is 0.266 e. The zero-order valence-corrected chi connectivity index (χ0v) is 16.2. The summed E-state index contributed by atoms with van der Waals surface area (Å²) >= 11 is 0. The molecule has 5 nitrogen and oxygen atoms in total.